The van der Waals surface area contributed by atoms with Crippen molar-refractivity contribution < 1.29 is 33.5 Å². The molecule has 6 atom stereocenters. The van der Waals surface area contributed by atoms with E-state index >= 15 is 0 Å². The van der Waals surface area contributed by atoms with Crippen molar-refractivity contribution in [2.45, 2.75) is 83.3 Å². The molecule has 0 radical (unpaired) electrons. The van der Waals surface area contributed by atoms with Crippen molar-refractivity contribution in [3.8, 4) is 0 Å². The second-order valence-electron chi connectivity index (χ2n) is 13.1. The summed E-state index contributed by atoms with van der Waals surface area (Å²) in [5.41, 5.74) is 1.45. The fourth-order valence-corrected chi connectivity index (χ4v) is 5.90. The molecular weight excluding hydrogens is 628 g/mol. The summed E-state index contributed by atoms with van der Waals surface area (Å²) in [5, 5.41) is 11.2. The average Bonchev–Trinajstić information content (AvgIpc) is 3.63. The smallest absolute Gasteiger partial charge is 0.252 e. The van der Waals surface area contributed by atoms with Gasteiger partial charge in [0.05, 0.1) is 12.6 Å². The van der Waals surface area contributed by atoms with Gasteiger partial charge in [0.15, 0.2) is 0 Å². The zero-order chi connectivity index (χ0) is 35.7. The monoisotopic (exact) mass is 676 g/mol. The van der Waals surface area contributed by atoms with Gasteiger partial charge in [0.25, 0.3) is 5.91 Å². The minimum atomic E-state index is -1.08. The van der Waals surface area contributed by atoms with Gasteiger partial charge >= 0.3 is 0 Å². The summed E-state index contributed by atoms with van der Waals surface area (Å²) in [5.74, 6) is -3.53. The maximum atomic E-state index is 14.0. The summed E-state index contributed by atoms with van der Waals surface area (Å²) in [6.07, 6.45) is 0.548. The van der Waals surface area contributed by atoms with Crippen LogP contribution in [0.1, 0.15) is 57.7 Å². The highest BCUT2D eigenvalue weighted by molar-refractivity contribution is 5.96. The number of carbonyl (C=O) groups excluding carboxylic acids is 6. The number of nitrogens with zero attached hydrogens (tertiary/aromatic N) is 2. The van der Waals surface area contributed by atoms with Crippen molar-refractivity contribution in [2.75, 3.05) is 26.7 Å². The number of ether oxygens (including phenoxy) is 1. The van der Waals surface area contributed by atoms with Crippen LogP contribution in [-0.2, 0) is 39.9 Å². The predicted octanol–water partition coefficient (Wildman–Crippen LogP) is 1.09. The van der Waals surface area contributed by atoms with Gasteiger partial charge in [-0.3, -0.25) is 28.8 Å². The van der Waals surface area contributed by atoms with E-state index in [1.165, 1.54) is 30.7 Å². The fourth-order valence-electron chi connectivity index (χ4n) is 5.90. The molecule has 2 aliphatic heterocycles. The number of rotatable bonds is 5. The molecule has 49 heavy (non-hydrogen) atoms. The first-order chi connectivity index (χ1) is 23.3. The first-order valence-electron chi connectivity index (χ1n) is 16.8. The van der Waals surface area contributed by atoms with Crippen LogP contribution in [0.3, 0.4) is 0 Å². The second-order valence-corrected chi connectivity index (χ2v) is 13.1. The second kappa shape index (κ2) is 17.0. The summed E-state index contributed by atoms with van der Waals surface area (Å²) in [6, 6.07) is 13.3. The van der Waals surface area contributed by atoms with Crippen molar-refractivity contribution in [1.29, 1.82) is 0 Å². The molecule has 2 aliphatic rings. The summed E-state index contributed by atoms with van der Waals surface area (Å²) in [7, 11) is 1.46. The Balaban J connectivity index is 1.74. The largest absolute Gasteiger partial charge is 0.368 e. The molecular formula is C36H48N6O7. The van der Waals surface area contributed by atoms with Gasteiger partial charge in [-0.05, 0) is 43.7 Å². The quantitative estimate of drug-likeness (QED) is 0.368. The minimum absolute atomic E-state index is 0.0819. The Bertz CT molecular complexity index is 1480. The number of likely N-dealkylation sites (N-methyl/N-ethyl adjacent to an activating group) is 1. The zero-order valence-corrected chi connectivity index (χ0v) is 28.8. The van der Waals surface area contributed by atoms with Crippen LogP contribution in [0.25, 0.3) is 0 Å². The normalized spacial score (nSPS) is 26.7. The molecule has 13 heteroatoms. The van der Waals surface area contributed by atoms with Crippen LogP contribution in [0.4, 0.5) is 0 Å². The van der Waals surface area contributed by atoms with E-state index in [1.807, 2.05) is 36.4 Å². The third-order valence-electron chi connectivity index (χ3n) is 9.00. The third-order valence-corrected chi connectivity index (χ3v) is 9.00. The molecule has 13 nitrogen and oxygen atoms in total. The van der Waals surface area contributed by atoms with Gasteiger partial charge in [0, 0.05) is 26.6 Å². The highest BCUT2D eigenvalue weighted by atomic mass is 16.5. The van der Waals surface area contributed by atoms with Crippen LogP contribution in [0.15, 0.2) is 60.7 Å². The van der Waals surface area contributed by atoms with E-state index in [0.29, 0.717) is 25.0 Å². The van der Waals surface area contributed by atoms with E-state index in [1.54, 1.807) is 38.1 Å². The zero-order valence-electron chi connectivity index (χ0n) is 28.8. The molecule has 0 saturated carbocycles. The summed E-state index contributed by atoms with van der Waals surface area (Å²) in [4.78, 5) is 84.6. The molecule has 264 valence electrons. The van der Waals surface area contributed by atoms with Crippen molar-refractivity contribution in [2.24, 2.45) is 5.92 Å². The molecule has 2 aromatic carbocycles. The summed E-state index contributed by atoms with van der Waals surface area (Å²) in [6.45, 7) is 6.49. The Hall–Kier alpha value is -4.78. The highest BCUT2D eigenvalue weighted by Gasteiger charge is 2.36. The standard InChI is InChI=1S/C36H48N6O7/c1-22(2)31-34(46)37-23(3)32(44)39-28(26-15-10-7-11-16-26)20-42(36(48)29-17-12-18-49-29)21-30(43)38-27(19-25-13-8-6-9-14-25)35(47)41(5)24(4)33(45)40-31/h6-11,13-16,22-24,27-29,31H,12,17-21H2,1-5H3,(H,37,46)(H,38,43)(H,39,44)(H,40,45)/t23-,24-,27-,28-,29+,31+/m0/s1. The van der Waals surface area contributed by atoms with Gasteiger partial charge < -0.3 is 35.8 Å². The molecule has 2 fully saturated rings. The van der Waals surface area contributed by atoms with Gasteiger partial charge in [-0.25, -0.2) is 0 Å². The lowest BCUT2D eigenvalue weighted by Crippen LogP contribution is -2.60. The van der Waals surface area contributed by atoms with Crippen LogP contribution in [0.5, 0.6) is 0 Å². The van der Waals surface area contributed by atoms with Crippen molar-refractivity contribution >= 4 is 35.4 Å². The van der Waals surface area contributed by atoms with Crippen molar-refractivity contribution in [1.82, 2.24) is 31.1 Å². The van der Waals surface area contributed by atoms with Crippen LogP contribution < -0.4 is 21.3 Å². The summed E-state index contributed by atoms with van der Waals surface area (Å²) < 4.78 is 5.69. The van der Waals surface area contributed by atoms with Crippen molar-refractivity contribution in [3.05, 3.63) is 71.8 Å². The van der Waals surface area contributed by atoms with E-state index in [9.17, 15) is 28.8 Å². The Morgan fingerprint density at radius 2 is 1.51 bits per heavy atom. The maximum Gasteiger partial charge on any atom is 0.252 e. The number of hydrogen-bond acceptors (Lipinski definition) is 7. The highest BCUT2D eigenvalue weighted by Crippen LogP contribution is 2.20. The number of carbonyl (C=O) groups is 6. The Morgan fingerprint density at radius 3 is 2.12 bits per heavy atom. The molecule has 0 unspecified atom stereocenters. The number of nitrogens with one attached hydrogen (secondary N) is 4. The molecule has 4 rings (SSSR count). The molecule has 0 aromatic heterocycles. The first-order valence-corrected chi connectivity index (χ1v) is 16.8. The lowest BCUT2D eigenvalue weighted by Gasteiger charge is -2.33. The number of amides is 6. The van der Waals surface area contributed by atoms with Gasteiger partial charge in [0.1, 0.15) is 30.3 Å². The topological polar surface area (TPSA) is 166 Å². The van der Waals surface area contributed by atoms with Gasteiger partial charge in [-0.2, -0.15) is 0 Å². The predicted molar refractivity (Wildman–Crippen MR) is 182 cm³/mol. The van der Waals surface area contributed by atoms with Gasteiger partial charge in [0.2, 0.25) is 29.5 Å². The SMILES string of the molecule is CC(C)[C@H]1NC(=O)[C@H](C)N(C)C(=O)[C@H](Cc2ccccc2)NC(=O)CN(C(=O)[C@H]2CCCO2)C[C@@H](c2ccccc2)NC(=O)[C@H](C)NC1=O. The van der Waals surface area contributed by atoms with Crippen LogP contribution in [0.2, 0.25) is 0 Å². The van der Waals surface area contributed by atoms with E-state index in [4.69, 9.17) is 4.74 Å². The molecule has 0 aliphatic carbocycles. The van der Waals surface area contributed by atoms with E-state index in [0.717, 1.165) is 5.56 Å². The lowest BCUT2D eigenvalue weighted by molar-refractivity contribution is -0.146. The molecule has 6 amide bonds. The molecule has 2 saturated heterocycles. The van der Waals surface area contributed by atoms with Crippen molar-refractivity contribution in [3.63, 3.8) is 0 Å². The summed E-state index contributed by atoms with van der Waals surface area (Å²) >= 11 is 0. The van der Waals surface area contributed by atoms with E-state index in [-0.39, 0.29) is 18.9 Å². The van der Waals surface area contributed by atoms with Gasteiger partial charge in [-0.15, -0.1) is 0 Å². The fraction of sp³-hybridized carbons (Fsp3) is 0.500. The number of hydrogen-bond donors (Lipinski definition) is 4. The Kier molecular flexibility index (Phi) is 12.9. The molecule has 0 spiro atoms. The molecule has 2 aromatic rings. The average molecular weight is 677 g/mol. The van der Waals surface area contributed by atoms with Crippen LogP contribution >= 0.6 is 0 Å². The van der Waals surface area contributed by atoms with E-state index < -0.39 is 78.3 Å². The molecule has 4 N–H and O–H groups in total. The molecule has 0 bridgehead atoms. The van der Waals surface area contributed by atoms with Crippen LogP contribution in [-0.4, -0.2) is 102 Å². The third kappa shape index (κ3) is 9.88. The number of benzene rings is 2. The minimum Gasteiger partial charge on any atom is -0.368 e. The maximum absolute atomic E-state index is 14.0. The van der Waals surface area contributed by atoms with Gasteiger partial charge in [-0.1, -0.05) is 74.5 Å². The Labute approximate surface area is 287 Å². The lowest BCUT2D eigenvalue weighted by atomic mass is 10.0. The first kappa shape index (κ1) is 37.0. The molecule has 2 heterocycles. The van der Waals surface area contributed by atoms with Crippen LogP contribution in [0, 0.1) is 5.92 Å². The van der Waals surface area contributed by atoms with E-state index in [2.05, 4.69) is 21.3 Å². The Morgan fingerprint density at radius 1 is 0.857 bits per heavy atom.